The van der Waals surface area contributed by atoms with Gasteiger partial charge in [-0.05, 0) is 43.3 Å². The summed E-state index contributed by atoms with van der Waals surface area (Å²) < 4.78 is 11.8. The SMILES string of the molecule is CC1OC(C(C)N(Cc2ccccc2)C(=O)OCc2ccccc2)CCC1N=[N+]=[N-]. The zero-order chi connectivity index (χ0) is 21.3. The van der Waals surface area contributed by atoms with Gasteiger partial charge < -0.3 is 9.47 Å². The van der Waals surface area contributed by atoms with Crippen LogP contribution < -0.4 is 0 Å². The summed E-state index contributed by atoms with van der Waals surface area (Å²) in [6, 6.07) is 19.1. The lowest BCUT2D eigenvalue weighted by Crippen LogP contribution is -2.50. The van der Waals surface area contributed by atoms with Gasteiger partial charge in [-0.1, -0.05) is 65.8 Å². The zero-order valence-corrected chi connectivity index (χ0v) is 17.4. The number of rotatable bonds is 7. The van der Waals surface area contributed by atoms with E-state index in [1.54, 1.807) is 4.90 Å². The van der Waals surface area contributed by atoms with Crippen molar-refractivity contribution in [3.8, 4) is 0 Å². The first-order valence-corrected chi connectivity index (χ1v) is 10.3. The Bertz CT molecular complexity index is 855. The van der Waals surface area contributed by atoms with E-state index in [1.165, 1.54) is 0 Å². The summed E-state index contributed by atoms with van der Waals surface area (Å²) in [6.45, 7) is 4.55. The third kappa shape index (κ3) is 5.75. The van der Waals surface area contributed by atoms with Crippen molar-refractivity contribution in [3.05, 3.63) is 82.2 Å². The maximum atomic E-state index is 13.0. The van der Waals surface area contributed by atoms with Crippen molar-refractivity contribution in [2.45, 2.75) is 64.1 Å². The summed E-state index contributed by atoms with van der Waals surface area (Å²) in [5.74, 6) is 0. The van der Waals surface area contributed by atoms with Gasteiger partial charge in [-0.3, -0.25) is 4.90 Å². The minimum Gasteiger partial charge on any atom is -0.445 e. The second-order valence-electron chi connectivity index (χ2n) is 7.62. The summed E-state index contributed by atoms with van der Waals surface area (Å²) in [4.78, 5) is 17.7. The summed E-state index contributed by atoms with van der Waals surface area (Å²) in [6.07, 6.45) is 0.730. The average Bonchev–Trinajstić information content (AvgIpc) is 2.78. The maximum absolute atomic E-state index is 13.0. The van der Waals surface area contributed by atoms with Crippen molar-refractivity contribution in [1.82, 2.24) is 4.90 Å². The molecule has 2 aromatic rings. The number of carbonyl (C=O) groups excluding carboxylic acids is 1. The Kier molecular flexibility index (Phi) is 7.71. The molecule has 0 aromatic heterocycles. The Hall–Kier alpha value is -3.02. The molecular weight excluding hydrogens is 380 g/mol. The molecule has 0 radical (unpaired) electrons. The van der Waals surface area contributed by atoms with Crippen LogP contribution in [-0.2, 0) is 22.6 Å². The Morgan fingerprint density at radius 2 is 1.80 bits per heavy atom. The van der Waals surface area contributed by atoms with Gasteiger partial charge in [0.15, 0.2) is 0 Å². The van der Waals surface area contributed by atoms with E-state index >= 15 is 0 Å². The van der Waals surface area contributed by atoms with Crippen LogP contribution in [0.2, 0.25) is 0 Å². The highest BCUT2D eigenvalue weighted by atomic mass is 16.6. The summed E-state index contributed by atoms with van der Waals surface area (Å²) in [5, 5.41) is 3.82. The van der Waals surface area contributed by atoms with Crippen molar-refractivity contribution in [2.75, 3.05) is 0 Å². The van der Waals surface area contributed by atoms with E-state index in [1.807, 2.05) is 74.5 Å². The van der Waals surface area contributed by atoms with E-state index in [2.05, 4.69) is 10.0 Å². The average molecular weight is 409 g/mol. The van der Waals surface area contributed by atoms with E-state index in [-0.39, 0.29) is 37.0 Å². The van der Waals surface area contributed by atoms with Gasteiger partial charge in [0.1, 0.15) is 6.61 Å². The van der Waals surface area contributed by atoms with E-state index in [0.29, 0.717) is 13.0 Å². The predicted molar refractivity (Wildman–Crippen MR) is 115 cm³/mol. The zero-order valence-electron chi connectivity index (χ0n) is 17.4. The lowest BCUT2D eigenvalue weighted by Gasteiger charge is -2.39. The van der Waals surface area contributed by atoms with Crippen LogP contribution in [0, 0.1) is 0 Å². The van der Waals surface area contributed by atoms with Crippen LogP contribution in [0.5, 0.6) is 0 Å². The summed E-state index contributed by atoms with van der Waals surface area (Å²) >= 11 is 0. The largest absolute Gasteiger partial charge is 0.445 e. The van der Waals surface area contributed by atoms with Crippen molar-refractivity contribution in [3.63, 3.8) is 0 Å². The van der Waals surface area contributed by atoms with Crippen molar-refractivity contribution in [2.24, 2.45) is 5.11 Å². The quantitative estimate of drug-likeness (QED) is 0.346. The lowest BCUT2D eigenvalue weighted by molar-refractivity contribution is -0.0852. The highest BCUT2D eigenvalue weighted by Crippen LogP contribution is 2.27. The number of azide groups is 1. The van der Waals surface area contributed by atoms with Crippen LogP contribution in [0.3, 0.4) is 0 Å². The van der Waals surface area contributed by atoms with Gasteiger partial charge in [0.2, 0.25) is 0 Å². The number of nitrogens with zero attached hydrogens (tertiary/aromatic N) is 4. The van der Waals surface area contributed by atoms with Crippen molar-refractivity contribution in [1.29, 1.82) is 0 Å². The summed E-state index contributed by atoms with van der Waals surface area (Å²) in [5.41, 5.74) is 10.7. The number of ether oxygens (including phenoxy) is 2. The highest BCUT2D eigenvalue weighted by molar-refractivity contribution is 5.68. The topological polar surface area (TPSA) is 87.5 Å². The monoisotopic (exact) mass is 408 g/mol. The third-order valence-electron chi connectivity index (χ3n) is 5.54. The molecule has 0 bridgehead atoms. The molecule has 1 heterocycles. The van der Waals surface area contributed by atoms with Crippen LogP contribution in [0.25, 0.3) is 10.4 Å². The molecule has 1 aliphatic rings. The van der Waals surface area contributed by atoms with Gasteiger partial charge in [-0.15, -0.1) is 0 Å². The molecule has 7 nitrogen and oxygen atoms in total. The molecule has 4 atom stereocenters. The molecular formula is C23H28N4O3. The molecule has 2 aromatic carbocycles. The van der Waals surface area contributed by atoms with Gasteiger partial charge in [-0.2, -0.15) is 0 Å². The van der Waals surface area contributed by atoms with E-state index in [9.17, 15) is 4.79 Å². The maximum Gasteiger partial charge on any atom is 0.410 e. The standard InChI is InChI=1S/C23H28N4O3/c1-17(22-14-13-21(25-26-24)18(2)30-22)27(15-19-9-5-3-6-10-19)23(28)29-16-20-11-7-4-8-12-20/h3-12,17-18,21-22H,13-16H2,1-2H3. The lowest BCUT2D eigenvalue weighted by atomic mass is 9.95. The molecule has 0 saturated carbocycles. The van der Waals surface area contributed by atoms with Gasteiger partial charge in [-0.25, -0.2) is 4.79 Å². The Morgan fingerprint density at radius 3 is 2.40 bits per heavy atom. The third-order valence-corrected chi connectivity index (χ3v) is 5.54. The minimum atomic E-state index is -0.372. The van der Waals surface area contributed by atoms with Crippen LogP contribution in [0.1, 0.15) is 37.8 Å². The number of benzene rings is 2. The Morgan fingerprint density at radius 1 is 1.17 bits per heavy atom. The molecule has 30 heavy (non-hydrogen) atoms. The normalized spacial score (nSPS) is 21.9. The number of amides is 1. The van der Waals surface area contributed by atoms with Crippen molar-refractivity contribution < 1.29 is 14.3 Å². The van der Waals surface area contributed by atoms with Crippen LogP contribution in [0.4, 0.5) is 4.79 Å². The van der Waals surface area contributed by atoms with Gasteiger partial charge in [0, 0.05) is 11.5 Å². The molecule has 7 heteroatoms. The van der Waals surface area contributed by atoms with E-state index in [0.717, 1.165) is 17.5 Å². The molecule has 0 N–H and O–H groups in total. The molecule has 1 fully saturated rings. The molecule has 1 amide bonds. The molecule has 0 aliphatic carbocycles. The second kappa shape index (κ2) is 10.7. The fraction of sp³-hybridized carbons (Fsp3) is 0.435. The van der Waals surface area contributed by atoms with Gasteiger partial charge in [0.25, 0.3) is 0 Å². The highest BCUT2D eigenvalue weighted by Gasteiger charge is 2.35. The number of carbonyl (C=O) groups is 1. The Labute approximate surface area is 177 Å². The molecule has 0 spiro atoms. The predicted octanol–water partition coefficient (Wildman–Crippen LogP) is 5.46. The second-order valence-corrected chi connectivity index (χ2v) is 7.62. The molecule has 1 aliphatic heterocycles. The Balaban J connectivity index is 1.71. The fourth-order valence-corrected chi connectivity index (χ4v) is 3.73. The van der Waals surface area contributed by atoms with Gasteiger partial charge in [0.05, 0.1) is 24.3 Å². The smallest absolute Gasteiger partial charge is 0.410 e. The fourth-order valence-electron chi connectivity index (χ4n) is 3.73. The van der Waals surface area contributed by atoms with Crippen LogP contribution in [0.15, 0.2) is 65.8 Å². The van der Waals surface area contributed by atoms with Crippen molar-refractivity contribution >= 4 is 6.09 Å². The van der Waals surface area contributed by atoms with Crippen LogP contribution in [-0.4, -0.2) is 35.3 Å². The first-order chi connectivity index (χ1) is 14.6. The number of hydrogen-bond donors (Lipinski definition) is 0. The first kappa shape index (κ1) is 21.7. The minimum absolute atomic E-state index is 0.155. The van der Waals surface area contributed by atoms with Gasteiger partial charge >= 0.3 is 6.09 Å². The molecule has 3 rings (SSSR count). The van der Waals surface area contributed by atoms with E-state index in [4.69, 9.17) is 15.0 Å². The number of hydrogen-bond acceptors (Lipinski definition) is 4. The molecule has 4 unspecified atom stereocenters. The molecule has 158 valence electrons. The van der Waals surface area contributed by atoms with Crippen LogP contribution >= 0.6 is 0 Å². The summed E-state index contributed by atoms with van der Waals surface area (Å²) in [7, 11) is 0. The molecule has 1 saturated heterocycles. The van der Waals surface area contributed by atoms with E-state index < -0.39 is 0 Å². The first-order valence-electron chi connectivity index (χ1n) is 10.3.